The molecule has 1 aliphatic rings. The molecule has 1 atom stereocenters. The Balaban J connectivity index is 2.35. The molecule has 5 heteroatoms. The van der Waals surface area contributed by atoms with Crippen LogP contribution in [0.15, 0.2) is 11.1 Å². The van der Waals surface area contributed by atoms with Crippen molar-refractivity contribution in [3.05, 3.63) is 11.1 Å². The molecule has 0 aromatic heterocycles. The molecule has 4 nitrogen and oxygen atoms in total. The zero-order valence-electron chi connectivity index (χ0n) is 8.95. The van der Waals surface area contributed by atoms with Gasteiger partial charge in [0.25, 0.3) is 5.91 Å². The van der Waals surface area contributed by atoms with E-state index in [0.29, 0.717) is 13.1 Å². The minimum atomic E-state index is -0.886. The first kappa shape index (κ1) is 12.7. The van der Waals surface area contributed by atoms with Gasteiger partial charge in [-0.25, -0.2) is 0 Å². The fourth-order valence-electron chi connectivity index (χ4n) is 1.63. The molecule has 1 rings (SSSR count). The molecule has 1 fully saturated rings. The van der Waals surface area contributed by atoms with Gasteiger partial charge in [-0.15, -0.1) is 0 Å². The van der Waals surface area contributed by atoms with Crippen LogP contribution in [0.4, 0.5) is 0 Å². The van der Waals surface area contributed by atoms with Crippen molar-refractivity contribution in [3.8, 4) is 0 Å². The molecular formula is C10H17BrN2O2. The van der Waals surface area contributed by atoms with E-state index in [2.05, 4.69) is 27.4 Å². The van der Waals surface area contributed by atoms with Gasteiger partial charge < -0.3 is 10.0 Å². The molecule has 0 saturated carbocycles. The lowest BCUT2D eigenvalue weighted by Gasteiger charge is -2.35. The smallest absolute Gasteiger partial charge is 0.251 e. The minimum absolute atomic E-state index is 0.174. The number of halogens is 1. The van der Waals surface area contributed by atoms with E-state index in [1.165, 1.54) is 6.92 Å². The Morgan fingerprint density at radius 1 is 1.47 bits per heavy atom. The van der Waals surface area contributed by atoms with Gasteiger partial charge in [0, 0.05) is 37.2 Å². The highest BCUT2D eigenvalue weighted by molar-refractivity contribution is 9.11. The highest BCUT2D eigenvalue weighted by Crippen LogP contribution is 2.08. The third-order valence-electron chi connectivity index (χ3n) is 2.44. The van der Waals surface area contributed by atoms with Gasteiger partial charge >= 0.3 is 0 Å². The summed E-state index contributed by atoms with van der Waals surface area (Å²) in [7, 11) is 0. The van der Waals surface area contributed by atoms with Crippen molar-refractivity contribution in [1.82, 2.24) is 9.80 Å². The van der Waals surface area contributed by atoms with Gasteiger partial charge in [0.2, 0.25) is 0 Å². The predicted molar refractivity (Wildman–Crippen MR) is 62.8 cm³/mol. The Morgan fingerprint density at radius 2 is 2.00 bits per heavy atom. The topological polar surface area (TPSA) is 43.8 Å². The van der Waals surface area contributed by atoms with E-state index in [4.69, 9.17) is 5.11 Å². The molecule has 1 amide bonds. The Bertz CT molecular complexity index is 248. The number of aliphatic hydroxyl groups excluding tert-OH is 1. The lowest BCUT2D eigenvalue weighted by Crippen LogP contribution is -2.51. The molecule has 0 aliphatic carbocycles. The maximum Gasteiger partial charge on any atom is 0.251 e. The maximum absolute atomic E-state index is 11.5. The number of rotatable bonds is 3. The number of carbonyl (C=O) groups excluding carboxylic acids is 1. The Labute approximate surface area is 98.7 Å². The number of hydrogen-bond acceptors (Lipinski definition) is 3. The summed E-state index contributed by atoms with van der Waals surface area (Å²) < 4.78 is 0.956. The van der Waals surface area contributed by atoms with Crippen molar-refractivity contribution in [2.75, 3.05) is 32.7 Å². The van der Waals surface area contributed by atoms with Gasteiger partial charge in [0.05, 0.1) is 0 Å². The monoisotopic (exact) mass is 276 g/mol. The minimum Gasteiger partial charge on any atom is -0.384 e. The quantitative estimate of drug-likeness (QED) is 0.813. The van der Waals surface area contributed by atoms with Crippen LogP contribution in [0.1, 0.15) is 6.92 Å². The second-order valence-corrected chi connectivity index (χ2v) is 4.92. The number of piperazine rings is 1. The number of carbonyl (C=O) groups is 1. The van der Waals surface area contributed by atoms with Crippen LogP contribution in [0, 0.1) is 0 Å². The second kappa shape index (κ2) is 5.63. The zero-order valence-corrected chi connectivity index (χ0v) is 10.5. The van der Waals surface area contributed by atoms with Crippen LogP contribution in [0.25, 0.3) is 0 Å². The fourth-order valence-corrected chi connectivity index (χ4v) is 1.99. The Hall–Kier alpha value is -0.390. The summed E-state index contributed by atoms with van der Waals surface area (Å²) in [5.41, 5.74) is 0. The van der Waals surface area contributed by atoms with Crippen molar-refractivity contribution in [2.24, 2.45) is 0 Å². The molecule has 0 spiro atoms. The van der Waals surface area contributed by atoms with Gasteiger partial charge in [-0.3, -0.25) is 9.69 Å². The van der Waals surface area contributed by atoms with Crippen LogP contribution in [0.2, 0.25) is 0 Å². The summed E-state index contributed by atoms with van der Waals surface area (Å²) in [6.07, 6.45) is -0.886. The van der Waals surface area contributed by atoms with E-state index in [1.807, 2.05) is 0 Å². The van der Waals surface area contributed by atoms with Crippen molar-refractivity contribution in [3.63, 3.8) is 0 Å². The lowest BCUT2D eigenvalue weighted by molar-refractivity contribution is -0.140. The largest absolute Gasteiger partial charge is 0.384 e. The third kappa shape index (κ3) is 3.93. The Morgan fingerprint density at radius 3 is 2.40 bits per heavy atom. The summed E-state index contributed by atoms with van der Waals surface area (Å²) in [6, 6.07) is 0. The number of nitrogens with zero attached hydrogens (tertiary/aromatic N) is 2. The highest BCUT2D eigenvalue weighted by Gasteiger charge is 2.23. The number of amides is 1. The molecule has 1 saturated heterocycles. The third-order valence-corrected chi connectivity index (χ3v) is 2.69. The molecule has 0 bridgehead atoms. The van der Waals surface area contributed by atoms with Crippen LogP contribution in [0.5, 0.6) is 0 Å². The average Bonchev–Trinajstić information content (AvgIpc) is 2.17. The molecule has 1 heterocycles. The van der Waals surface area contributed by atoms with Gasteiger partial charge in [0.1, 0.15) is 6.10 Å². The summed E-state index contributed by atoms with van der Waals surface area (Å²) in [4.78, 5) is 15.4. The van der Waals surface area contributed by atoms with Crippen molar-refractivity contribution < 1.29 is 9.90 Å². The highest BCUT2D eigenvalue weighted by atomic mass is 79.9. The summed E-state index contributed by atoms with van der Waals surface area (Å²) in [5, 5.41) is 9.16. The summed E-state index contributed by atoms with van der Waals surface area (Å²) >= 11 is 3.32. The molecule has 0 aromatic rings. The number of aliphatic hydroxyl groups is 1. The second-order valence-electron chi connectivity index (χ2n) is 3.79. The first-order valence-corrected chi connectivity index (χ1v) is 5.82. The molecule has 86 valence electrons. The fraction of sp³-hybridized carbons (Fsp3) is 0.700. The number of hydrogen-bond donors (Lipinski definition) is 1. The first-order valence-electron chi connectivity index (χ1n) is 5.03. The maximum atomic E-state index is 11.5. The van der Waals surface area contributed by atoms with Crippen LogP contribution in [0.3, 0.4) is 0 Å². The van der Waals surface area contributed by atoms with E-state index in [1.54, 1.807) is 4.90 Å². The zero-order chi connectivity index (χ0) is 11.4. The summed E-state index contributed by atoms with van der Waals surface area (Å²) in [5.74, 6) is -0.174. The van der Waals surface area contributed by atoms with Crippen LogP contribution in [-0.4, -0.2) is 59.6 Å². The van der Waals surface area contributed by atoms with Crippen molar-refractivity contribution in [1.29, 1.82) is 0 Å². The van der Waals surface area contributed by atoms with Crippen molar-refractivity contribution in [2.45, 2.75) is 13.0 Å². The Kier molecular flexibility index (Phi) is 4.76. The molecule has 0 aromatic carbocycles. The molecular weight excluding hydrogens is 260 g/mol. The van der Waals surface area contributed by atoms with E-state index in [-0.39, 0.29) is 5.91 Å². The van der Waals surface area contributed by atoms with Crippen LogP contribution >= 0.6 is 15.9 Å². The first-order chi connectivity index (χ1) is 7.00. The molecule has 0 radical (unpaired) electrons. The molecule has 1 N–H and O–H groups in total. The van der Waals surface area contributed by atoms with Gasteiger partial charge in [-0.05, 0) is 6.92 Å². The van der Waals surface area contributed by atoms with Crippen LogP contribution < -0.4 is 0 Å². The molecule has 1 unspecified atom stereocenters. The van der Waals surface area contributed by atoms with E-state index in [9.17, 15) is 4.79 Å². The van der Waals surface area contributed by atoms with Gasteiger partial charge in [0.15, 0.2) is 0 Å². The summed E-state index contributed by atoms with van der Waals surface area (Å²) in [6.45, 7) is 9.15. The molecule has 15 heavy (non-hydrogen) atoms. The molecule has 1 aliphatic heterocycles. The van der Waals surface area contributed by atoms with Crippen molar-refractivity contribution >= 4 is 21.8 Å². The van der Waals surface area contributed by atoms with Gasteiger partial charge in [-0.2, -0.15) is 0 Å². The average molecular weight is 277 g/mol. The SMILES string of the molecule is C=C(Br)CN1CCN(C(=O)C(C)O)CC1. The normalized spacial score (nSPS) is 20.1. The lowest BCUT2D eigenvalue weighted by atomic mass is 10.2. The van der Waals surface area contributed by atoms with Gasteiger partial charge in [-0.1, -0.05) is 22.5 Å². The van der Waals surface area contributed by atoms with E-state index in [0.717, 1.165) is 24.1 Å². The van der Waals surface area contributed by atoms with E-state index >= 15 is 0 Å². The van der Waals surface area contributed by atoms with Crippen LogP contribution in [-0.2, 0) is 4.79 Å². The predicted octanol–water partition coefficient (Wildman–Crippen LogP) is 0.420. The standard InChI is InChI=1S/C10H17BrN2O2/c1-8(11)7-12-3-5-13(6-4-12)10(15)9(2)14/h9,14H,1,3-7H2,2H3. The van der Waals surface area contributed by atoms with E-state index < -0.39 is 6.10 Å².